The molecule has 0 aromatic heterocycles. The molecule has 1 aliphatic carbocycles. The Bertz CT molecular complexity index is 522. The summed E-state index contributed by atoms with van der Waals surface area (Å²) in [4.78, 5) is 17.1. The van der Waals surface area contributed by atoms with E-state index >= 15 is 0 Å². The van der Waals surface area contributed by atoms with Crippen LogP contribution in [0.25, 0.3) is 0 Å². The molecule has 1 spiro atoms. The van der Waals surface area contributed by atoms with Crippen molar-refractivity contribution in [2.24, 2.45) is 5.92 Å². The molecule has 2 aliphatic heterocycles. The van der Waals surface area contributed by atoms with Gasteiger partial charge in [-0.05, 0) is 38.6 Å². The third-order valence-corrected chi connectivity index (χ3v) is 6.62. The first-order chi connectivity index (χ1) is 9.83. The zero-order chi connectivity index (χ0) is 15.3. The molecule has 6 nitrogen and oxygen atoms in total. The Balaban J connectivity index is 1.74. The van der Waals surface area contributed by atoms with Gasteiger partial charge in [-0.1, -0.05) is 0 Å². The fourth-order valence-corrected chi connectivity index (χ4v) is 4.46. The van der Waals surface area contributed by atoms with E-state index < -0.39 is 15.6 Å². The zero-order valence-electron chi connectivity index (χ0n) is 12.9. The maximum atomic E-state index is 12.9. The van der Waals surface area contributed by atoms with Gasteiger partial charge in [0, 0.05) is 32.7 Å². The predicted molar refractivity (Wildman–Crippen MR) is 80.3 cm³/mol. The fourth-order valence-electron chi connectivity index (χ4n) is 3.61. The highest BCUT2D eigenvalue weighted by Crippen LogP contribution is 2.36. The number of amides is 1. The highest BCUT2D eigenvalue weighted by atomic mass is 32.2. The number of sulfonamides is 1. The third-order valence-electron chi connectivity index (χ3n) is 5.32. The lowest BCUT2D eigenvalue weighted by atomic mass is 9.83. The van der Waals surface area contributed by atoms with E-state index in [1.54, 1.807) is 0 Å². The molecule has 0 bridgehead atoms. The molecule has 2 heterocycles. The molecule has 0 radical (unpaired) electrons. The van der Waals surface area contributed by atoms with Gasteiger partial charge in [-0.25, -0.2) is 12.7 Å². The van der Waals surface area contributed by atoms with Crippen molar-refractivity contribution in [3.63, 3.8) is 0 Å². The Hall–Kier alpha value is -0.660. The van der Waals surface area contributed by atoms with Gasteiger partial charge >= 0.3 is 0 Å². The number of piperazine rings is 1. The lowest BCUT2D eigenvalue weighted by Gasteiger charge is -2.51. The Morgan fingerprint density at radius 1 is 1.14 bits per heavy atom. The van der Waals surface area contributed by atoms with E-state index in [2.05, 4.69) is 4.90 Å². The van der Waals surface area contributed by atoms with Crippen LogP contribution >= 0.6 is 0 Å². The summed E-state index contributed by atoms with van der Waals surface area (Å²) in [7, 11) is -1.15. The summed E-state index contributed by atoms with van der Waals surface area (Å²) in [5.74, 6) is 0.918. The molecule has 2 saturated heterocycles. The molecule has 1 amide bonds. The molecule has 1 saturated carbocycles. The van der Waals surface area contributed by atoms with Gasteiger partial charge in [0.2, 0.25) is 15.9 Å². The van der Waals surface area contributed by atoms with Gasteiger partial charge in [0.15, 0.2) is 0 Å². The quantitative estimate of drug-likeness (QED) is 0.733. The second-order valence-corrected chi connectivity index (χ2v) is 8.79. The highest BCUT2D eigenvalue weighted by Gasteiger charge is 2.50. The van der Waals surface area contributed by atoms with E-state index in [4.69, 9.17) is 0 Å². The number of nitrogens with zero attached hydrogens (tertiary/aromatic N) is 3. The van der Waals surface area contributed by atoms with Crippen LogP contribution in [0.1, 0.15) is 25.7 Å². The first kappa shape index (κ1) is 15.2. The van der Waals surface area contributed by atoms with Crippen molar-refractivity contribution in [1.29, 1.82) is 0 Å². The monoisotopic (exact) mass is 315 g/mol. The van der Waals surface area contributed by atoms with E-state index in [0.717, 1.165) is 19.6 Å². The second kappa shape index (κ2) is 5.21. The minimum absolute atomic E-state index is 0.219. The number of carbonyl (C=O) groups excluding carboxylic acids is 1. The van der Waals surface area contributed by atoms with E-state index in [9.17, 15) is 13.2 Å². The number of piperidine rings is 1. The molecule has 0 aromatic carbocycles. The Labute approximate surface area is 127 Å². The van der Waals surface area contributed by atoms with Crippen molar-refractivity contribution in [2.45, 2.75) is 31.2 Å². The summed E-state index contributed by atoms with van der Waals surface area (Å²) in [5, 5.41) is 0. The predicted octanol–water partition coefficient (Wildman–Crippen LogP) is -0.0354. The van der Waals surface area contributed by atoms with Crippen molar-refractivity contribution < 1.29 is 13.2 Å². The summed E-state index contributed by atoms with van der Waals surface area (Å²) in [6, 6.07) is 0. The Morgan fingerprint density at radius 3 is 2.29 bits per heavy atom. The minimum atomic E-state index is -3.15. The first-order valence-corrected chi connectivity index (χ1v) is 9.63. The van der Waals surface area contributed by atoms with Gasteiger partial charge in [0.05, 0.1) is 6.26 Å². The molecule has 7 heteroatoms. The molecule has 0 aromatic rings. The fraction of sp³-hybridized carbons (Fsp3) is 0.929. The normalized spacial score (nSPS) is 28.3. The van der Waals surface area contributed by atoms with Crippen molar-refractivity contribution in [2.75, 3.05) is 46.0 Å². The molecule has 3 fully saturated rings. The zero-order valence-corrected chi connectivity index (χ0v) is 13.7. The summed E-state index contributed by atoms with van der Waals surface area (Å²) in [6.07, 6.45) is 4.95. The van der Waals surface area contributed by atoms with Gasteiger partial charge in [-0.15, -0.1) is 0 Å². The number of likely N-dealkylation sites (N-methyl/N-ethyl adjacent to an activating group) is 1. The van der Waals surface area contributed by atoms with Gasteiger partial charge in [0.25, 0.3) is 0 Å². The van der Waals surface area contributed by atoms with Crippen LogP contribution in [-0.2, 0) is 14.8 Å². The lowest BCUT2D eigenvalue weighted by molar-refractivity contribution is -0.153. The molecule has 21 heavy (non-hydrogen) atoms. The molecular weight excluding hydrogens is 290 g/mol. The SMILES string of the molecule is CN1CCN(CC2CC2)C(=O)C12CCN(S(C)(=O)=O)CC2. The van der Waals surface area contributed by atoms with E-state index in [0.29, 0.717) is 31.8 Å². The summed E-state index contributed by atoms with van der Waals surface area (Å²) >= 11 is 0. The number of rotatable bonds is 3. The second-order valence-electron chi connectivity index (χ2n) is 6.81. The van der Waals surface area contributed by atoms with Crippen LogP contribution in [0.2, 0.25) is 0 Å². The average Bonchev–Trinajstić information content (AvgIpc) is 3.23. The smallest absolute Gasteiger partial charge is 0.243 e. The Kier molecular flexibility index (Phi) is 3.78. The van der Waals surface area contributed by atoms with Crippen LogP contribution in [-0.4, -0.2) is 80.0 Å². The Morgan fingerprint density at radius 2 is 1.76 bits per heavy atom. The van der Waals surface area contributed by atoms with Crippen molar-refractivity contribution in [3.8, 4) is 0 Å². The number of hydrogen-bond acceptors (Lipinski definition) is 4. The molecule has 3 rings (SSSR count). The lowest BCUT2D eigenvalue weighted by Crippen LogP contribution is -2.68. The van der Waals surface area contributed by atoms with E-state index in [1.165, 1.54) is 23.4 Å². The van der Waals surface area contributed by atoms with Crippen molar-refractivity contribution in [3.05, 3.63) is 0 Å². The summed E-state index contributed by atoms with van der Waals surface area (Å²) in [5.41, 5.74) is -0.478. The van der Waals surface area contributed by atoms with Crippen LogP contribution in [0.5, 0.6) is 0 Å². The molecule has 0 N–H and O–H groups in total. The average molecular weight is 315 g/mol. The topological polar surface area (TPSA) is 60.9 Å². The van der Waals surface area contributed by atoms with Crippen LogP contribution in [0.3, 0.4) is 0 Å². The van der Waals surface area contributed by atoms with E-state index in [-0.39, 0.29) is 5.91 Å². The molecule has 3 aliphatic rings. The summed E-state index contributed by atoms with van der Waals surface area (Å²) < 4.78 is 24.8. The van der Waals surface area contributed by atoms with Crippen LogP contribution < -0.4 is 0 Å². The number of hydrogen-bond donors (Lipinski definition) is 0. The molecule has 0 unspecified atom stereocenters. The molecule has 0 atom stereocenters. The number of carbonyl (C=O) groups is 1. The maximum Gasteiger partial charge on any atom is 0.243 e. The van der Waals surface area contributed by atoms with E-state index in [1.807, 2.05) is 11.9 Å². The maximum absolute atomic E-state index is 12.9. The van der Waals surface area contributed by atoms with Gasteiger partial charge in [0.1, 0.15) is 5.54 Å². The highest BCUT2D eigenvalue weighted by molar-refractivity contribution is 7.88. The van der Waals surface area contributed by atoms with Crippen LogP contribution in [0.4, 0.5) is 0 Å². The molecule has 120 valence electrons. The van der Waals surface area contributed by atoms with Crippen molar-refractivity contribution in [1.82, 2.24) is 14.1 Å². The summed E-state index contributed by atoms with van der Waals surface area (Å²) in [6.45, 7) is 3.49. The van der Waals surface area contributed by atoms with Gasteiger partial charge in [-0.3, -0.25) is 9.69 Å². The minimum Gasteiger partial charge on any atom is -0.340 e. The van der Waals surface area contributed by atoms with Crippen LogP contribution in [0, 0.1) is 5.92 Å². The third kappa shape index (κ3) is 2.83. The van der Waals surface area contributed by atoms with Crippen molar-refractivity contribution >= 4 is 15.9 Å². The van der Waals surface area contributed by atoms with Gasteiger partial charge in [-0.2, -0.15) is 0 Å². The van der Waals surface area contributed by atoms with Crippen LogP contribution in [0.15, 0.2) is 0 Å². The standard InChI is InChI=1S/C14H25N3O3S/c1-15-9-10-16(11-12-3-4-12)13(18)14(15)5-7-17(8-6-14)21(2,19)20/h12H,3-11H2,1-2H3. The van der Waals surface area contributed by atoms with Gasteiger partial charge < -0.3 is 4.90 Å². The molecular formula is C14H25N3O3S. The first-order valence-electron chi connectivity index (χ1n) is 7.79. The largest absolute Gasteiger partial charge is 0.340 e.